The Balaban J connectivity index is 1.73. The molecule has 0 aliphatic carbocycles. The first-order valence-electron chi connectivity index (χ1n) is 8.07. The van der Waals surface area contributed by atoms with Gasteiger partial charge in [0.1, 0.15) is 11.9 Å². The lowest BCUT2D eigenvalue weighted by Crippen LogP contribution is -2.45. The SMILES string of the molecule is O=C(NCc1ccccc1)[C@@H]1CCCN1S(=O)(=O)c1ccc(F)cc1. The third kappa shape index (κ3) is 3.88. The lowest BCUT2D eigenvalue weighted by Gasteiger charge is -2.23. The number of benzene rings is 2. The summed E-state index contributed by atoms with van der Waals surface area (Å²) < 4.78 is 39.8. The first kappa shape index (κ1) is 17.6. The Morgan fingerprint density at radius 1 is 1.12 bits per heavy atom. The highest BCUT2D eigenvalue weighted by Gasteiger charge is 2.39. The van der Waals surface area contributed by atoms with E-state index in [0.29, 0.717) is 19.4 Å². The van der Waals surface area contributed by atoms with Gasteiger partial charge in [0.05, 0.1) is 4.90 Å². The largest absolute Gasteiger partial charge is 0.351 e. The number of amides is 1. The molecule has 0 aromatic heterocycles. The number of carbonyl (C=O) groups excluding carboxylic acids is 1. The van der Waals surface area contributed by atoms with Crippen molar-refractivity contribution in [1.29, 1.82) is 0 Å². The molecule has 132 valence electrons. The van der Waals surface area contributed by atoms with Crippen LogP contribution in [0.4, 0.5) is 4.39 Å². The Kier molecular flexibility index (Phi) is 5.15. The Morgan fingerprint density at radius 3 is 2.48 bits per heavy atom. The van der Waals surface area contributed by atoms with Crippen molar-refractivity contribution in [2.45, 2.75) is 30.3 Å². The molecule has 1 fully saturated rings. The molecule has 1 aliphatic heterocycles. The number of nitrogens with one attached hydrogen (secondary N) is 1. The molecular weight excluding hydrogens is 343 g/mol. The molecule has 3 rings (SSSR count). The van der Waals surface area contributed by atoms with E-state index in [1.807, 2.05) is 30.3 Å². The van der Waals surface area contributed by atoms with Crippen molar-refractivity contribution in [3.05, 3.63) is 66.0 Å². The summed E-state index contributed by atoms with van der Waals surface area (Å²) in [6.07, 6.45) is 1.09. The summed E-state index contributed by atoms with van der Waals surface area (Å²) in [7, 11) is -3.83. The quantitative estimate of drug-likeness (QED) is 0.888. The van der Waals surface area contributed by atoms with Gasteiger partial charge in [-0.2, -0.15) is 4.31 Å². The summed E-state index contributed by atoms with van der Waals surface area (Å²) in [5.41, 5.74) is 0.946. The highest BCUT2D eigenvalue weighted by Crippen LogP contribution is 2.26. The molecule has 1 aliphatic rings. The number of rotatable bonds is 5. The average Bonchev–Trinajstić information content (AvgIpc) is 3.12. The van der Waals surface area contributed by atoms with E-state index in [1.54, 1.807) is 0 Å². The minimum Gasteiger partial charge on any atom is -0.351 e. The molecule has 1 N–H and O–H groups in total. The molecule has 1 saturated heterocycles. The number of carbonyl (C=O) groups is 1. The van der Waals surface area contributed by atoms with Crippen molar-refractivity contribution in [2.24, 2.45) is 0 Å². The predicted octanol–water partition coefficient (Wildman–Crippen LogP) is 2.30. The molecule has 2 aromatic rings. The van der Waals surface area contributed by atoms with Crippen LogP contribution < -0.4 is 5.32 Å². The average molecular weight is 362 g/mol. The molecule has 0 unspecified atom stereocenters. The molecule has 0 spiro atoms. The van der Waals surface area contributed by atoms with Crippen LogP contribution in [-0.4, -0.2) is 31.2 Å². The highest BCUT2D eigenvalue weighted by molar-refractivity contribution is 7.89. The fourth-order valence-corrected chi connectivity index (χ4v) is 4.59. The predicted molar refractivity (Wildman–Crippen MR) is 91.6 cm³/mol. The number of halogens is 1. The minimum absolute atomic E-state index is 0.00309. The Bertz CT molecular complexity index is 838. The Morgan fingerprint density at radius 2 is 1.80 bits per heavy atom. The molecule has 1 amide bonds. The Hall–Kier alpha value is -2.25. The standard InChI is InChI=1S/C18H19FN2O3S/c19-15-8-10-16(11-9-15)25(23,24)21-12-4-7-17(21)18(22)20-13-14-5-2-1-3-6-14/h1-3,5-6,8-11,17H,4,7,12-13H2,(H,20,22)/t17-/m0/s1. The summed E-state index contributed by atoms with van der Waals surface area (Å²) in [4.78, 5) is 12.5. The zero-order valence-corrected chi connectivity index (χ0v) is 14.4. The lowest BCUT2D eigenvalue weighted by atomic mass is 10.2. The monoisotopic (exact) mass is 362 g/mol. The topological polar surface area (TPSA) is 66.5 Å². The highest BCUT2D eigenvalue weighted by atomic mass is 32.2. The van der Waals surface area contributed by atoms with E-state index in [2.05, 4.69) is 5.32 Å². The van der Waals surface area contributed by atoms with Crippen molar-refractivity contribution < 1.29 is 17.6 Å². The van der Waals surface area contributed by atoms with E-state index in [0.717, 1.165) is 17.7 Å². The zero-order valence-electron chi connectivity index (χ0n) is 13.6. The van der Waals surface area contributed by atoms with Crippen molar-refractivity contribution >= 4 is 15.9 Å². The van der Waals surface area contributed by atoms with Gasteiger partial charge in [-0.1, -0.05) is 30.3 Å². The molecule has 1 heterocycles. The van der Waals surface area contributed by atoms with Gasteiger partial charge in [0.2, 0.25) is 15.9 Å². The van der Waals surface area contributed by atoms with E-state index < -0.39 is 21.9 Å². The van der Waals surface area contributed by atoms with Crippen LogP contribution in [0.3, 0.4) is 0 Å². The molecule has 0 saturated carbocycles. The second-order valence-electron chi connectivity index (χ2n) is 5.93. The number of sulfonamides is 1. The third-order valence-corrected chi connectivity index (χ3v) is 6.16. The van der Waals surface area contributed by atoms with Crippen LogP contribution in [0.1, 0.15) is 18.4 Å². The molecule has 7 heteroatoms. The van der Waals surface area contributed by atoms with Gasteiger partial charge in [0.15, 0.2) is 0 Å². The summed E-state index contributed by atoms with van der Waals surface area (Å²) in [5, 5.41) is 2.80. The van der Waals surface area contributed by atoms with Crippen molar-refractivity contribution in [3.63, 3.8) is 0 Å². The van der Waals surface area contributed by atoms with Crippen LogP contribution in [0.2, 0.25) is 0 Å². The molecule has 0 radical (unpaired) electrons. The van der Waals surface area contributed by atoms with Crippen LogP contribution in [-0.2, 0) is 21.4 Å². The van der Waals surface area contributed by atoms with E-state index in [-0.39, 0.29) is 17.3 Å². The molecule has 2 aromatic carbocycles. The van der Waals surface area contributed by atoms with Crippen LogP contribution in [0.15, 0.2) is 59.5 Å². The van der Waals surface area contributed by atoms with Gasteiger partial charge in [0, 0.05) is 13.1 Å². The van der Waals surface area contributed by atoms with Gasteiger partial charge in [-0.3, -0.25) is 4.79 Å². The van der Waals surface area contributed by atoms with Crippen LogP contribution in [0.25, 0.3) is 0 Å². The number of hydrogen-bond donors (Lipinski definition) is 1. The first-order chi connectivity index (χ1) is 12.0. The minimum atomic E-state index is -3.83. The fraction of sp³-hybridized carbons (Fsp3) is 0.278. The first-order valence-corrected chi connectivity index (χ1v) is 9.51. The molecule has 5 nitrogen and oxygen atoms in total. The van der Waals surface area contributed by atoms with Crippen LogP contribution in [0, 0.1) is 5.82 Å². The van der Waals surface area contributed by atoms with Gasteiger partial charge in [0.25, 0.3) is 0 Å². The van der Waals surface area contributed by atoms with Gasteiger partial charge in [-0.25, -0.2) is 12.8 Å². The van der Waals surface area contributed by atoms with E-state index in [4.69, 9.17) is 0 Å². The zero-order chi connectivity index (χ0) is 17.9. The number of nitrogens with zero attached hydrogens (tertiary/aromatic N) is 1. The lowest BCUT2D eigenvalue weighted by molar-refractivity contribution is -0.124. The summed E-state index contributed by atoms with van der Waals surface area (Å²) in [6, 6.07) is 13.3. The van der Waals surface area contributed by atoms with Crippen molar-refractivity contribution in [3.8, 4) is 0 Å². The Labute approximate surface area is 146 Å². The third-order valence-electron chi connectivity index (χ3n) is 4.24. The fourth-order valence-electron chi connectivity index (χ4n) is 2.93. The second kappa shape index (κ2) is 7.33. The molecule has 0 bridgehead atoms. The van der Waals surface area contributed by atoms with E-state index in [1.165, 1.54) is 16.4 Å². The van der Waals surface area contributed by atoms with Crippen LogP contribution >= 0.6 is 0 Å². The van der Waals surface area contributed by atoms with Crippen molar-refractivity contribution in [1.82, 2.24) is 9.62 Å². The molecule has 25 heavy (non-hydrogen) atoms. The maximum absolute atomic E-state index is 13.0. The maximum atomic E-state index is 13.0. The van der Waals surface area contributed by atoms with Crippen LogP contribution in [0.5, 0.6) is 0 Å². The summed E-state index contributed by atoms with van der Waals surface area (Å²) in [6.45, 7) is 0.629. The molecule has 1 atom stereocenters. The van der Waals surface area contributed by atoms with E-state index in [9.17, 15) is 17.6 Å². The van der Waals surface area contributed by atoms with Gasteiger partial charge in [-0.05, 0) is 42.7 Å². The summed E-state index contributed by atoms with van der Waals surface area (Å²) in [5.74, 6) is -0.815. The smallest absolute Gasteiger partial charge is 0.243 e. The van der Waals surface area contributed by atoms with Crippen molar-refractivity contribution in [2.75, 3.05) is 6.54 Å². The maximum Gasteiger partial charge on any atom is 0.243 e. The van der Waals surface area contributed by atoms with E-state index >= 15 is 0 Å². The molecular formula is C18H19FN2O3S. The second-order valence-corrected chi connectivity index (χ2v) is 7.82. The van der Waals surface area contributed by atoms with Gasteiger partial charge in [-0.15, -0.1) is 0 Å². The van der Waals surface area contributed by atoms with Gasteiger partial charge < -0.3 is 5.32 Å². The number of hydrogen-bond acceptors (Lipinski definition) is 3. The van der Waals surface area contributed by atoms with Gasteiger partial charge >= 0.3 is 0 Å². The summed E-state index contributed by atoms with van der Waals surface area (Å²) >= 11 is 0. The normalized spacial score (nSPS) is 18.2.